The van der Waals surface area contributed by atoms with Gasteiger partial charge in [-0.3, -0.25) is 9.69 Å². The van der Waals surface area contributed by atoms with Crippen molar-refractivity contribution in [1.82, 2.24) is 4.90 Å². The molecule has 3 rings (SSSR count). The van der Waals surface area contributed by atoms with Crippen molar-refractivity contribution in [3.63, 3.8) is 0 Å². The van der Waals surface area contributed by atoms with Gasteiger partial charge in [-0.15, -0.1) is 0 Å². The van der Waals surface area contributed by atoms with E-state index in [0.29, 0.717) is 15.7 Å². The first-order valence-corrected chi connectivity index (χ1v) is 9.31. The molecule has 132 valence electrons. The first kappa shape index (κ1) is 18.2. The zero-order chi connectivity index (χ0) is 17.8. The van der Waals surface area contributed by atoms with Gasteiger partial charge in [0.15, 0.2) is 0 Å². The van der Waals surface area contributed by atoms with Gasteiger partial charge in [-0.05, 0) is 50.6 Å². The molecule has 1 aliphatic rings. The van der Waals surface area contributed by atoms with Gasteiger partial charge in [-0.2, -0.15) is 0 Å². The Morgan fingerprint density at radius 1 is 1.08 bits per heavy atom. The van der Waals surface area contributed by atoms with E-state index in [4.69, 9.17) is 23.2 Å². The van der Waals surface area contributed by atoms with Crippen molar-refractivity contribution in [2.75, 3.05) is 18.4 Å². The number of halogens is 2. The fraction of sp³-hybridized carbons (Fsp3) is 0.350. The molecule has 1 aliphatic heterocycles. The number of carbonyl (C=O) groups excluding carboxylic acids is 1. The van der Waals surface area contributed by atoms with Crippen LogP contribution in [0, 0.1) is 12.8 Å². The number of rotatable bonds is 4. The second-order valence-electron chi connectivity index (χ2n) is 6.62. The van der Waals surface area contributed by atoms with E-state index in [0.717, 1.165) is 32.5 Å². The molecule has 0 bridgehead atoms. The van der Waals surface area contributed by atoms with Gasteiger partial charge in [0.05, 0.1) is 15.7 Å². The van der Waals surface area contributed by atoms with Gasteiger partial charge < -0.3 is 5.32 Å². The Bertz CT molecular complexity index is 718. The van der Waals surface area contributed by atoms with Crippen LogP contribution in [0.4, 0.5) is 5.69 Å². The third-order valence-electron chi connectivity index (χ3n) is 4.70. The van der Waals surface area contributed by atoms with Gasteiger partial charge in [0.1, 0.15) is 0 Å². The lowest BCUT2D eigenvalue weighted by molar-refractivity contribution is -0.121. The summed E-state index contributed by atoms with van der Waals surface area (Å²) in [5, 5.41) is 3.84. The Hall–Kier alpha value is -1.55. The second-order valence-corrected chi connectivity index (χ2v) is 7.44. The van der Waals surface area contributed by atoms with Crippen molar-refractivity contribution < 1.29 is 4.79 Å². The van der Waals surface area contributed by atoms with Crippen LogP contribution in [0.2, 0.25) is 10.0 Å². The molecule has 1 saturated heterocycles. The molecule has 0 saturated carbocycles. The number of benzene rings is 2. The number of nitrogens with one attached hydrogen (secondary N) is 1. The van der Waals surface area contributed by atoms with Crippen molar-refractivity contribution >= 4 is 34.8 Å². The predicted molar refractivity (Wildman–Crippen MR) is 104 cm³/mol. The fourth-order valence-electron chi connectivity index (χ4n) is 3.15. The quantitative estimate of drug-likeness (QED) is 0.799. The minimum Gasteiger partial charge on any atom is -0.323 e. The minimum absolute atomic E-state index is 0.00149. The zero-order valence-electron chi connectivity index (χ0n) is 14.3. The minimum atomic E-state index is 0.00149. The summed E-state index contributed by atoms with van der Waals surface area (Å²) in [5.41, 5.74) is 3.10. The highest BCUT2D eigenvalue weighted by Gasteiger charge is 2.25. The molecule has 25 heavy (non-hydrogen) atoms. The van der Waals surface area contributed by atoms with E-state index in [1.54, 1.807) is 18.2 Å². The smallest absolute Gasteiger partial charge is 0.227 e. The van der Waals surface area contributed by atoms with Crippen LogP contribution in [-0.2, 0) is 11.3 Å². The van der Waals surface area contributed by atoms with Crippen LogP contribution in [0.3, 0.4) is 0 Å². The molecular formula is C20H22Cl2N2O. The summed E-state index contributed by atoms with van der Waals surface area (Å²) in [7, 11) is 0. The van der Waals surface area contributed by atoms with E-state index in [-0.39, 0.29) is 11.8 Å². The largest absolute Gasteiger partial charge is 0.323 e. The molecule has 3 nitrogen and oxygen atoms in total. The van der Waals surface area contributed by atoms with Crippen LogP contribution in [-0.4, -0.2) is 23.9 Å². The first-order valence-electron chi connectivity index (χ1n) is 8.55. The zero-order valence-corrected chi connectivity index (χ0v) is 15.8. The summed E-state index contributed by atoms with van der Waals surface area (Å²) in [6, 6.07) is 13.9. The van der Waals surface area contributed by atoms with Crippen LogP contribution in [0.1, 0.15) is 24.0 Å². The molecule has 0 atom stereocenters. The monoisotopic (exact) mass is 376 g/mol. The summed E-state index contributed by atoms with van der Waals surface area (Å²) in [6.07, 6.45) is 1.69. The summed E-state index contributed by atoms with van der Waals surface area (Å²) >= 11 is 12.3. The van der Waals surface area contributed by atoms with Crippen LogP contribution < -0.4 is 5.32 Å². The first-order chi connectivity index (χ1) is 12.0. The molecule has 5 heteroatoms. The molecule has 1 fully saturated rings. The van der Waals surface area contributed by atoms with Crippen LogP contribution in [0.15, 0.2) is 42.5 Å². The molecule has 2 aromatic rings. The number of nitrogens with zero attached hydrogens (tertiary/aromatic N) is 1. The molecule has 0 spiro atoms. The summed E-state index contributed by atoms with van der Waals surface area (Å²) in [6.45, 7) is 4.87. The third kappa shape index (κ3) is 4.75. The Labute approximate surface area is 158 Å². The van der Waals surface area contributed by atoms with Crippen molar-refractivity contribution in [2.45, 2.75) is 26.3 Å². The maximum absolute atomic E-state index is 12.5. The number of para-hydroxylation sites is 1. The molecule has 0 unspecified atom stereocenters. The molecule has 1 amide bonds. The molecule has 2 aromatic carbocycles. The highest BCUT2D eigenvalue weighted by atomic mass is 35.5. The van der Waals surface area contributed by atoms with E-state index in [1.165, 1.54) is 11.1 Å². The number of piperidine rings is 1. The highest BCUT2D eigenvalue weighted by molar-refractivity contribution is 6.39. The summed E-state index contributed by atoms with van der Waals surface area (Å²) in [5.74, 6) is 0.00610. The average Bonchev–Trinajstić information content (AvgIpc) is 2.61. The summed E-state index contributed by atoms with van der Waals surface area (Å²) in [4.78, 5) is 14.9. The number of likely N-dealkylation sites (tertiary alicyclic amines) is 1. The van der Waals surface area contributed by atoms with E-state index in [2.05, 4.69) is 41.4 Å². The standard InChI is InChI=1S/C20H22Cl2N2O/c1-14-5-7-15(8-6-14)13-24-11-9-16(10-12-24)20(25)23-19-17(21)3-2-4-18(19)22/h2-8,16H,9-13H2,1H3,(H,23,25). The molecular weight excluding hydrogens is 355 g/mol. The topological polar surface area (TPSA) is 32.3 Å². The van der Waals surface area contributed by atoms with Gasteiger partial charge in [-0.25, -0.2) is 0 Å². The lowest BCUT2D eigenvalue weighted by Crippen LogP contribution is -2.37. The van der Waals surface area contributed by atoms with Crippen molar-refractivity contribution in [3.05, 3.63) is 63.6 Å². The SMILES string of the molecule is Cc1ccc(CN2CCC(C(=O)Nc3c(Cl)cccc3Cl)CC2)cc1. The van der Waals surface area contributed by atoms with Gasteiger partial charge in [0, 0.05) is 12.5 Å². The molecule has 0 radical (unpaired) electrons. The van der Waals surface area contributed by atoms with Crippen LogP contribution in [0.25, 0.3) is 0 Å². The maximum Gasteiger partial charge on any atom is 0.227 e. The maximum atomic E-state index is 12.5. The van der Waals surface area contributed by atoms with E-state index >= 15 is 0 Å². The Morgan fingerprint density at radius 2 is 1.68 bits per heavy atom. The number of hydrogen-bond donors (Lipinski definition) is 1. The number of hydrogen-bond acceptors (Lipinski definition) is 2. The fourth-order valence-corrected chi connectivity index (χ4v) is 3.64. The lowest BCUT2D eigenvalue weighted by Gasteiger charge is -2.31. The number of carbonyl (C=O) groups is 1. The normalized spacial score (nSPS) is 16.0. The van der Waals surface area contributed by atoms with E-state index in [9.17, 15) is 4.79 Å². The van der Waals surface area contributed by atoms with Crippen LogP contribution >= 0.6 is 23.2 Å². The Kier molecular flexibility index (Phi) is 6.00. The third-order valence-corrected chi connectivity index (χ3v) is 5.33. The molecule has 1 N–H and O–H groups in total. The van der Waals surface area contributed by atoms with Gasteiger partial charge in [-0.1, -0.05) is 59.1 Å². The van der Waals surface area contributed by atoms with Gasteiger partial charge in [0.2, 0.25) is 5.91 Å². The van der Waals surface area contributed by atoms with E-state index in [1.807, 2.05) is 0 Å². The van der Waals surface area contributed by atoms with Gasteiger partial charge in [0.25, 0.3) is 0 Å². The lowest BCUT2D eigenvalue weighted by atomic mass is 9.95. The predicted octanol–water partition coefficient (Wildman–Crippen LogP) is 5.15. The van der Waals surface area contributed by atoms with Crippen LogP contribution in [0.5, 0.6) is 0 Å². The van der Waals surface area contributed by atoms with E-state index < -0.39 is 0 Å². The molecule has 1 heterocycles. The highest BCUT2D eigenvalue weighted by Crippen LogP contribution is 2.31. The number of amides is 1. The number of anilines is 1. The van der Waals surface area contributed by atoms with Gasteiger partial charge >= 0.3 is 0 Å². The Balaban J connectivity index is 1.53. The molecule has 0 aromatic heterocycles. The van der Waals surface area contributed by atoms with Crippen molar-refractivity contribution in [1.29, 1.82) is 0 Å². The molecule has 0 aliphatic carbocycles. The van der Waals surface area contributed by atoms with Crippen molar-refractivity contribution in [2.24, 2.45) is 5.92 Å². The Morgan fingerprint density at radius 3 is 2.28 bits per heavy atom. The van der Waals surface area contributed by atoms with Crippen molar-refractivity contribution in [3.8, 4) is 0 Å². The average molecular weight is 377 g/mol. The second kappa shape index (κ2) is 8.22. The number of aryl methyl sites for hydroxylation is 1. The summed E-state index contributed by atoms with van der Waals surface area (Å²) < 4.78 is 0.